The molecule has 5 heteroatoms. The van der Waals surface area contributed by atoms with Crippen molar-refractivity contribution in [3.63, 3.8) is 0 Å². The molecule has 20 heavy (non-hydrogen) atoms. The third-order valence-electron chi connectivity index (χ3n) is 5.01. The molecule has 116 valence electrons. The molecule has 3 N–H and O–H groups in total. The van der Waals surface area contributed by atoms with E-state index in [4.69, 9.17) is 4.74 Å². The van der Waals surface area contributed by atoms with Crippen molar-refractivity contribution in [2.45, 2.75) is 58.3 Å². The molecule has 0 aromatic rings. The maximum Gasteiger partial charge on any atom is 0.191 e. The van der Waals surface area contributed by atoms with Crippen LogP contribution >= 0.6 is 0 Å². The summed E-state index contributed by atoms with van der Waals surface area (Å²) < 4.78 is 5.80. The van der Waals surface area contributed by atoms with Gasteiger partial charge in [0.15, 0.2) is 5.96 Å². The Kier molecular flexibility index (Phi) is 4.30. The normalized spacial score (nSPS) is 34.9. The summed E-state index contributed by atoms with van der Waals surface area (Å²) in [6.45, 7) is 9.67. The first-order valence-electron chi connectivity index (χ1n) is 7.63. The standard InChI is InChI=1S/C15H29N3O2/c1-6-15(4,19)9-17-13(16-5)18-11-10-7-8-20-12(10)14(11,2)3/h10-12,19H,6-9H2,1-5H3,(H2,16,17,18). The minimum Gasteiger partial charge on any atom is -0.388 e. The quantitative estimate of drug-likeness (QED) is 0.534. The molecule has 0 aromatic carbocycles. The first-order valence-corrected chi connectivity index (χ1v) is 7.63. The largest absolute Gasteiger partial charge is 0.388 e. The van der Waals surface area contributed by atoms with E-state index in [1.807, 2.05) is 13.8 Å². The molecule has 2 aliphatic rings. The first kappa shape index (κ1) is 15.6. The Morgan fingerprint density at radius 2 is 2.20 bits per heavy atom. The van der Waals surface area contributed by atoms with Crippen LogP contribution < -0.4 is 10.6 Å². The summed E-state index contributed by atoms with van der Waals surface area (Å²) >= 11 is 0. The molecule has 4 atom stereocenters. The fraction of sp³-hybridized carbons (Fsp3) is 0.933. The lowest BCUT2D eigenvalue weighted by molar-refractivity contribution is -0.106. The molecular formula is C15H29N3O2. The lowest BCUT2D eigenvalue weighted by Gasteiger charge is -2.55. The molecule has 1 aliphatic heterocycles. The maximum absolute atomic E-state index is 10.1. The number of ether oxygens (including phenoxy) is 1. The molecule has 0 amide bonds. The second-order valence-electron chi connectivity index (χ2n) is 6.96. The third-order valence-corrected chi connectivity index (χ3v) is 5.01. The van der Waals surface area contributed by atoms with Crippen molar-refractivity contribution in [1.29, 1.82) is 0 Å². The lowest BCUT2D eigenvalue weighted by atomic mass is 9.57. The third kappa shape index (κ3) is 2.79. The number of nitrogens with zero attached hydrogens (tertiary/aromatic N) is 1. The molecule has 4 unspecified atom stereocenters. The number of hydrogen-bond donors (Lipinski definition) is 3. The van der Waals surface area contributed by atoms with E-state index in [-0.39, 0.29) is 5.41 Å². The van der Waals surface area contributed by atoms with Gasteiger partial charge in [-0.05, 0) is 19.8 Å². The fourth-order valence-electron chi connectivity index (χ4n) is 3.36. The summed E-state index contributed by atoms with van der Waals surface area (Å²) in [4.78, 5) is 4.27. The van der Waals surface area contributed by atoms with E-state index in [0.717, 1.165) is 19.0 Å². The number of rotatable bonds is 4. The highest BCUT2D eigenvalue weighted by molar-refractivity contribution is 5.80. The summed E-state index contributed by atoms with van der Waals surface area (Å²) in [5, 5.41) is 16.8. The summed E-state index contributed by atoms with van der Waals surface area (Å²) in [5.41, 5.74) is -0.572. The minimum atomic E-state index is -0.703. The van der Waals surface area contributed by atoms with E-state index in [1.54, 1.807) is 7.05 Å². The van der Waals surface area contributed by atoms with Crippen LogP contribution in [0.4, 0.5) is 0 Å². The van der Waals surface area contributed by atoms with Crippen molar-refractivity contribution < 1.29 is 9.84 Å². The zero-order valence-corrected chi connectivity index (χ0v) is 13.4. The highest BCUT2D eigenvalue weighted by atomic mass is 16.5. The zero-order valence-electron chi connectivity index (χ0n) is 13.4. The van der Waals surface area contributed by atoms with Gasteiger partial charge in [0.25, 0.3) is 0 Å². The Balaban J connectivity index is 1.91. The highest BCUT2D eigenvalue weighted by Gasteiger charge is 2.59. The van der Waals surface area contributed by atoms with Crippen LogP contribution in [0.2, 0.25) is 0 Å². The van der Waals surface area contributed by atoms with Crippen molar-refractivity contribution in [3.05, 3.63) is 0 Å². The van der Waals surface area contributed by atoms with Gasteiger partial charge in [0.1, 0.15) is 0 Å². The molecular weight excluding hydrogens is 254 g/mol. The Morgan fingerprint density at radius 1 is 1.50 bits per heavy atom. The van der Waals surface area contributed by atoms with Crippen molar-refractivity contribution >= 4 is 5.96 Å². The van der Waals surface area contributed by atoms with Crippen molar-refractivity contribution in [2.24, 2.45) is 16.3 Å². The van der Waals surface area contributed by atoms with Gasteiger partial charge in [-0.2, -0.15) is 0 Å². The van der Waals surface area contributed by atoms with Crippen LogP contribution in [-0.2, 0) is 4.74 Å². The first-order chi connectivity index (χ1) is 9.31. The molecule has 0 bridgehead atoms. The van der Waals surface area contributed by atoms with Gasteiger partial charge >= 0.3 is 0 Å². The molecule has 2 rings (SSSR count). The van der Waals surface area contributed by atoms with Gasteiger partial charge in [-0.1, -0.05) is 20.8 Å². The van der Waals surface area contributed by atoms with E-state index in [9.17, 15) is 5.11 Å². The van der Waals surface area contributed by atoms with Crippen LogP contribution in [0, 0.1) is 11.3 Å². The van der Waals surface area contributed by atoms with Gasteiger partial charge in [-0.25, -0.2) is 0 Å². The Bertz CT molecular complexity index is 379. The summed E-state index contributed by atoms with van der Waals surface area (Å²) in [7, 11) is 1.77. The van der Waals surface area contributed by atoms with Crippen LogP contribution in [0.5, 0.6) is 0 Å². The van der Waals surface area contributed by atoms with Crippen LogP contribution in [0.15, 0.2) is 4.99 Å². The molecule has 1 heterocycles. The number of aliphatic imine (C=N–C) groups is 1. The van der Waals surface area contributed by atoms with Crippen LogP contribution in [0.25, 0.3) is 0 Å². The van der Waals surface area contributed by atoms with E-state index in [1.165, 1.54) is 0 Å². The van der Waals surface area contributed by atoms with Crippen molar-refractivity contribution in [3.8, 4) is 0 Å². The summed E-state index contributed by atoms with van der Waals surface area (Å²) in [6.07, 6.45) is 2.21. The Hall–Kier alpha value is -0.810. The summed E-state index contributed by atoms with van der Waals surface area (Å²) in [5.74, 6) is 1.34. The van der Waals surface area contributed by atoms with Crippen molar-refractivity contribution in [1.82, 2.24) is 10.6 Å². The zero-order chi connectivity index (χ0) is 15.0. The van der Waals surface area contributed by atoms with Crippen molar-refractivity contribution in [2.75, 3.05) is 20.2 Å². The molecule has 5 nitrogen and oxygen atoms in total. The van der Waals surface area contributed by atoms with Crippen LogP contribution in [-0.4, -0.2) is 49.0 Å². The number of guanidine groups is 1. The van der Waals surface area contributed by atoms with Gasteiger partial charge in [0.2, 0.25) is 0 Å². The molecule has 2 fully saturated rings. The Labute approximate surface area is 122 Å². The van der Waals surface area contributed by atoms with Gasteiger partial charge in [0.05, 0.1) is 11.7 Å². The molecule has 0 radical (unpaired) electrons. The van der Waals surface area contributed by atoms with E-state index in [0.29, 0.717) is 31.0 Å². The summed E-state index contributed by atoms with van der Waals surface area (Å²) in [6, 6.07) is 0.382. The van der Waals surface area contributed by atoms with Gasteiger partial charge in [-0.3, -0.25) is 4.99 Å². The average molecular weight is 283 g/mol. The molecule has 0 aromatic heterocycles. The number of fused-ring (bicyclic) bond motifs is 1. The smallest absolute Gasteiger partial charge is 0.191 e. The SMILES string of the molecule is CCC(C)(O)CNC(=NC)NC1C2CCOC2C1(C)C. The predicted octanol–water partition coefficient (Wildman–Crippen LogP) is 1.13. The van der Waals surface area contributed by atoms with Crippen LogP contribution in [0.3, 0.4) is 0 Å². The topological polar surface area (TPSA) is 65.9 Å². The number of aliphatic hydroxyl groups is 1. The number of nitrogens with one attached hydrogen (secondary N) is 2. The minimum absolute atomic E-state index is 0.131. The number of hydrogen-bond acceptors (Lipinski definition) is 3. The second-order valence-corrected chi connectivity index (χ2v) is 6.96. The predicted molar refractivity (Wildman–Crippen MR) is 80.8 cm³/mol. The molecule has 1 saturated heterocycles. The second kappa shape index (κ2) is 5.53. The maximum atomic E-state index is 10.1. The van der Waals surface area contributed by atoms with Crippen LogP contribution in [0.1, 0.15) is 40.5 Å². The van der Waals surface area contributed by atoms with Gasteiger partial charge in [0, 0.05) is 37.6 Å². The van der Waals surface area contributed by atoms with Gasteiger partial charge in [-0.15, -0.1) is 0 Å². The fourth-order valence-corrected chi connectivity index (χ4v) is 3.36. The highest BCUT2D eigenvalue weighted by Crippen LogP contribution is 2.52. The average Bonchev–Trinajstić information content (AvgIpc) is 2.85. The molecule has 0 spiro atoms. The Morgan fingerprint density at radius 3 is 2.80 bits per heavy atom. The molecule has 1 saturated carbocycles. The lowest BCUT2D eigenvalue weighted by Crippen LogP contribution is -2.68. The van der Waals surface area contributed by atoms with E-state index in [2.05, 4.69) is 29.5 Å². The van der Waals surface area contributed by atoms with E-state index < -0.39 is 5.60 Å². The molecule has 1 aliphatic carbocycles. The monoisotopic (exact) mass is 283 g/mol. The van der Waals surface area contributed by atoms with E-state index >= 15 is 0 Å². The van der Waals surface area contributed by atoms with Gasteiger partial charge < -0.3 is 20.5 Å².